The number of nitrogens with zero attached hydrogens (tertiary/aromatic N) is 1. The molecule has 1 aromatic carbocycles. The van der Waals surface area contributed by atoms with E-state index in [9.17, 15) is 9.59 Å². The van der Waals surface area contributed by atoms with Crippen LogP contribution in [-0.4, -0.2) is 43.0 Å². The maximum atomic E-state index is 13.5. The van der Waals surface area contributed by atoms with Gasteiger partial charge in [0, 0.05) is 23.5 Å². The van der Waals surface area contributed by atoms with Gasteiger partial charge < -0.3 is 15.0 Å². The van der Waals surface area contributed by atoms with Crippen LogP contribution in [0, 0.1) is 11.3 Å². The Morgan fingerprint density at radius 2 is 1.83 bits per heavy atom. The molecule has 30 heavy (non-hydrogen) atoms. The first-order valence-electron chi connectivity index (χ1n) is 10.7. The van der Waals surface area contributed by atoms with E-state index in [1.807, 2.05) is 23.1 Å². The van der Waals surface area contributed by atoms with Crippen LogP contribution in [0.5, 0.6) is 0 Å². The van der Waals surface area contributed by atoms with Gasteiger partial charge in [-0.15, -0.1) is 11.3 Å². The lowest BCUT2D eigenvalue weighted by Gasteiger charge is -2.34. The molecule has 2 amide bonds. The molecule has 160 valence electrons. The lowest BCUT2D eigenvalue weighted by atomic mass is 9.72. The molecule has 0 spiro atoms. The Hall–Kier alpha value is -2.18. The average Bonchev–Trinajstić information content (AvgIpc) is 3.10. The standard InChI is InChI=1S/C24H30N2O3S/c1-24(2,3)17-9-10-18-19(15-17)30-22(25-21(27)16-7-5-4-6-8-16)20(18)23(28)26-11-13-29-14-12-26/h4-8,17H,9-15H2,1-3H3,(H,25,27). The molecule has 1 saturated heterocycles. The van der Waals surface area contributed by atoms with E-state index in [2.05, 4.69) is 26.1 Å². The fraction of sp³-hybridized carbons (Fsp3) is 0.500. The predicted molar refractivity (Wildman–Crippen MR) is 120 cm³/mol. The highest BCUT2D eigenvalue weighted by Gasteiger charge is 2.35. The van der Waals surface area contributed by atoms with Crippen LogP contribution in [-0.2, 0) is 17.6 Å². The Morgan fingerprint density at radius 3 is 2.50 bits per heavy atom. The second-order valence-electron chi connectivity index (χ2n) is 9.24. The number of amides is 2. The van der Waals surface area contributed by atoms with Crippen molar-refractivity contribution >= 4 is 28.2 Å². The van der Waals surface area contributed by atoms with E-state index >= 15 is 0 Å². The van der Waals surface area contributed by atoms with Crippen molar-refractivity contribution in [1.29, 1.82) is 0 Å². The summed E-state index contributed by atoms with van der Waals surface area (Å²) < 4.78 is 5.42. The zero-order chi connectivity index (χ0) is 21.3. The predicted octanol–water partition coefficient (Wildman–Crippen LogP) is 4.62. The molecule has 2 aliphatic rings. The highest BCUT2D eigenvalue weighted by molar-refractivity contribution is 7.17. The number of morpholine rings is 1. The van der Waals surface area contributed by atoms with Crippen molar-refractivity contribution in [2.45, 2.75) is 40.0 Å². The van der Waals surface area contributed by atoms with Gasteiger partial charge in [0.1, 0.15) is 5.00 Å². The van der Waals surface area contributed by atoms with Gasteiger partial charge in [0.25, 0.3) is 11.8 Å². The minimum atomic E-state index is -0.169. The van der Waals surface area contributed by atoms with Crippen LogP contribution in [0.25, 0.3) is 0 Å². The minimum Gasteiger partial charge on any atom is -0.378 e. The van der Waals surface area contributed by atoms with E-state index in [0.29, 0.717) is 48.3 Å². The number of carbonyl (C=O) groups excluding carboxylic acids is 2. The SMILES string of the molecule is CC(C)(C)C1CCc2c(sc(NC(=O)c3ccccc3)c2C(=O)N2CCOCC2)C1. The second kappa shape index (κ2) is 8.52. The third kappa shape index (κ3) is 4.30. The third-order valence-corrected chi connectivity index (χ3v) is 7.44. The lowest BCUT2D eigenvalue weighted by Crippen LogP contribution is -2.41. The summed E-state index contributed by atoms with van der Waals surface area (Å²) in [5.41, 5.74) is 2.67. The van der Waals surface area contributed by atoms with Gasteiger partial charge in [0.05, 0.1) is 18.8 Å². The van der Waals surface area contributed by atoms with Gasteiger partial charge in [-0.3, -0.25) is 9.59 Å². The van der Waals surface area contributed by atoms with Crippen molar-refractivity contribution < 1.29 is 14.3 Å². The van der Waals surface area contributed by atoms with Crippen LogP contribution in [0.3, 0.4) is 0 Å². The zero-order valence-electron chi connectivity index (χ0n) is 18.0. The molecule has 1 fully saturated rings. The number of hydrogen-bond acceptors (Lipinski definition) is 4. The summed E-state index contributed by atoms with van der Waals surface area (Å²) in [7, 11) is 0. The Morgan fingerprint density at radius 1 is 1.13 bits per heavy atom. The van der Waals surface area contributed by atoms with E-state index in [-0.39, 0.29) is 17.2 Å². The Kier molecular flexibility index (Phi) is 5.98. The Balaban J connectivity index is 1.68. The number of hydrogen-bond donors (Lipinski definition) is 1. The van der Waals surface area contributed by atoms with E-state index in [1.54, 1.807) is 23.5 Å². The van der Waals surface area contributed by atoms with Crippen molar-refractivity contribution in [3.05, 3.63) is 51.9 Å². The lowest BCUT2D eigenvalue weighted by molar-refractivity contribution is 0.0303. The van der Waals surface area contributed by atoms with Crippen LogP contribution in [0.2, 0.25) is 0 Å². The van der Waals surface area contributed by atoms with Gasteiger partial charge in [0.2, 0.25) is 0 Å². The number of rotatable bonds is 3. The molecule has 1 atom stereocenters. The van der Waals surface area contributed by atoms with Gasteiger partial charge in [-0.2, -0.15) is 0 Å². The average molecular weight is 427 g/mol. The molecule has 2 aromatic rings. The quantitative estimate of drug-likeness (QED) is 0.779. The molecule has 6 heteroatoms. The van der Waals surface area contributed by atoms with Crippen molar-refractivity contribution in [1.82, 2.24) is 4.90 Å². The summed E-state index contributed by atoms with van der Waals surface area (Å²) >= 11 is 1.59. The third-order valence-electron chi connectivity index (χ3n) is 6.27. The summed E-state index contributed by atoms with van der Waals surface area (Å²) in [4.78, 5) is 29.4. The van der Waals surface area contributed by atoms with Crippen LogP contribution in [0.1, 0.15) is 58.3 Å². The maximum absolute atomic E-state index is 13.5. The fourth-order valence-corrected chi connectivity index (χ4v) is 5.64. The molecular formula is C24H30N2O3S. The van der Waals surface area contributed by atoms with Crippen molar-refractivity contribution in [3.63, 3.8) is 0 Å². The van der Waals surface area contributed by atoms with Crippen molar-refractivity contribution in [2.75, 3.05) is 31.6 Å². The van der Waals surface area contributed by atoms with E-state index in [0.717, 1.165) is 24.8 Å². The summed E-state index contributed by atoms with van der Waals surface area (Å²) in [6.07, 6.45) is 2.93. The molecule has 1 aliphatic carbocycles. The molecule has 2 heterocycles. The van der Waals surface area contributed by atoms with Crippen LogP contribution >= 0.6 is 11.3 Å². The molecule has 1 aliphatic heterocycles. The van der Waals surface area contributed by atoms with E-state index < -0.39 is 0 Å². The number of ether oxygens (including phenoxy) is 1. The fourth-order valence-electron chi connectivity index (χ4n) is 4.33. The molecule has 4 rings (SSSR count). The van der Waals surface area contributed by atoms with E-state index in [1.165, 1.54) is 4.88 Å². The number of thiophene rings is 1. The maximum Gasteiger partial charge on any atom is 0.257 e. The first-order valence-corrected chi connectivity index (χ1v) is 11.5. The minimum absolute atomic E-state index is 0.0216. The topological polar surface area (TPSA) is 58.6 Å². The number of benzene rings is 1. The Bertz CT molecular complexity index is 924. The van der Waals surface area contributed by atoms with E-state index in [4.69, 9.17) is 4.74 Å². The number of carbonyl (C=O) groups is 2. The smallest absolute Gasteiger partial charge is 0.257 e. The largest absolute Gasteiger partial charge is 0.378 e. The van der Waals surface area contributed by atoms with Crippen LogP contribution < -0.4 is 5.32 Å². The number of nitrogens with one attached hydrogen (secondary N) is 1. The monoisotopic (exact) mass is 426 g/mol. The number of anilines is 1. The molecular weight excluding hydrogens is 396 g/mol. The van der Waals surface area contributed by atoms with Crippen LogP contribution in [0.15, 0.2) is 30.3 Å². The molecule has 0 bridgehead atoms. The molecule has 5 nitrogen and oxygen atoms in total. The van der Waals surface area contributed by atoms with Crippen molar-refractivity contribution in [2.24, 2.45) is 11.3 Å². The Labute approximate surface area is 182 Å². The van der Waals surface area contributed by atoms with Gasteiger partial charge >= 0.3 is 0 Å². The summed E-state index contributed by atoms with van der Waals surface area (Å²) in [5, 5.41) is 3.75. The first kappa shape index (κ1) is 21.1. The van der Waals surface area contributed by atoms with Gasteiger partial charge in [-0.25, -0.2) is 0 Å². The van der Waals surface area contributed by atoms with Gasteiger partial charge in [-0.05, 0) is 48.3 Å². The molecule has 1 aromatic heterocycles. The summed E-state index contributed by atoms with van der Waals surface area (Å²) in [6.45, 7) is 9.18. The number of fused-ring (bicyclic) bond motifs is 1. The second-order valence-corrected chi connectivity index (χ2v) is 10.3. The highest BCUT2D eigenvalue weighted by Crippen LogP contribution is 2.44. The highest BCUT2D eigenvalue weighted by atomic mass is 32.1. The van der Waals surface area contributed by atoms with Gasteiger partial charge in [-0.1, -0.05) is 39.0 Å². The summed E-state index contributed by atoms with van der Waals surface area (Å²) in [5.74, 6) is 0.429. The molecule has 0 radical (unpaired) electrons. The van der Waals surface area contributed by atoms with Gasteiger partial charge in [0.15, 0.2) is 0 Å². The normalized spacial score (nSPS) is 19.3. The van der Waals surface area contributed by atoms with Crippen molar-refractivity contribution in [3.8, 4) is 0 Å². The zero-order valence-corrected chi connectivity index (χ0v) is 18.8. The van der Waals surface area contributed by atoms with Crippen LogP contribution in [0.4, 0.5) is 5.00 Å². The molecule has 1 N–H and O–H groups in total. The molecule has 1 unspecified atom stereocenters. The first-order chi connectivity index (χ1) is 14.3. The summed E-state index contributed by atoms with van der Waals surface area (Å²) in [6, 6.07) is 9.18. The molecule has 0 saturated carbocycles.